The van der Waals surface area contributed by atoms with E-state index in [2.05, 4.69) is 17.3 Å². The van der Waals surface area contributed by atoms with Crippen LogP contribution in [-0.2, 0) is 11.3 Å². The van der Waals surface area contributed by atoms with Crippen LogP contribution in [0.4, 0.5) is 0 Å². The van der Waals surface area contributed by atoms with Crippen LogP contribution in [0.3, 0.4) is 0 Å². The Balaban J connectivity index is 1.97. The minimum Gasteiger partial charge on any atom is -0.493 e. The van der Waals surface area contributed by atoms with Crippen molar-refractivity contribution in [1.82, 2.24) is 10.2 Å². The fourth-order valence-corrected chi connectivity index (χ4v) is 2.30. The number of nitrogens with one attached hydrogen (secondary N) is 1. The van der Waals surface area contributed by atoms with Crippen LogP contribution >= 0.6 is 0 Å². The van der Waals surface area contributed by atoms with Gasteiger partial charge in [-0.25, -0.2) is 0 Å². The smallest absolute Gasteiger partial charge is 0.161 e. The average molecular weight is 280 g/mol. The number of nitrogens with zero attached hydrogens (tertiary/aromatic N) is 1. The van der Waals surface area contributed by atoms with Crippen LogP contribution in [0.15, 0.2) is 18.2 Å². The molecule has 1 aliphatic rings. The monoisotopic (exact) mass is 280 g/mol. The molecule has 1 aliphatic heterocycles. The van der Waals surface area contributed by atoms with Crippen molar-refractivity contribution in [3.63, 3.8) is 0 Å². The fourth-order valence-electron chi connectivity index (χ4n) is 2.30. The Labute approximate surface area is 120 Å². The molecule has 1 aromatic carbocycles. The van der Waals surface area contributed by atoms with Crippen LogP contribution in [-0.4, -0.2) is 58.5 Å². The zero-order valence-electron chi connectivity index (χ0n) is 12.5. The van der Waals surface area contributed by atoms with Crippen molar-refractivity contribution in [3.8, 4) is 11.5 Å². The summed E-state index contributed by atoms with van der Waals surface area (Å²) in [6, 6.07) is 5.99. The fraction of sp³-hybridized carbons (Fsp3) is 0.600. The van der Waals surface area contributed by atoms with Crippen molar-refractivity contribution in [2.45, 2.75) is 12.6 Å². The molecule has 5 nitrogen and oxygen atoms in total. The van der Waals surface area contributed by atoms with Crippen LogP contribution in [0.25, 0.3) is 0 Å². The topological polar surface area (TPSA) is 43.0 Å². The van der Waals surface area contributed by atoms with Gasteiger partial charge in [0.2, 0.25) is 0 Å². The van der Waals surface area contributed by atoms with Gasteiger partial charge in [0.05, 0.1) is 13.7 Å². The van der Waals surface area contributed by atoms with Crippen LogP contribution in [0, 0.1) is 0 Å². The first-order valence-electron chi connectivity index (χ1n) is 6.97. The quantitative estimate of drug-likeness (QED) is 0.846. The highest BCUT2D eigenvalue weighted by atomic mass is 16.5. The van der Waals surface area contributed by atoms with Crippen LogP contribution in [0.2, 0.25) is 0 Å². The Morgan fingerprint density at radius 1 is 1.40 bits per heavy atom. The molecule has 1 unspecified atom stereocenters. The van der Waals surface area contributed by atoms with E-state index >= 15 is 0 Å². The molecule has 0 radical (unpaired) electrons. The largest absolute Gasteiger partial charge is 0.493 e. The lowest BCUT2D eigenvalue weighted by molar-refractivity contribution is -0.0406. The summed E-state index contributed by atoms with van der Waals surface area (Å²) in [5.74, 6) is 1.53. The molecule has 0 saturated carbocycles. The molecule has 1 atom stereocenters. The number of hydrogen-bond donors (Lipinski definition) is 1. The molecule has 2 rings (SSSR count). The Bertz CT molecular complexity index is 426. The van der Waals surface area contributed by atoms with E-state index in [1.54, 1.807) is 7.11 Å². The second-order valence-electron chi connectivity index (χ2n) is 5.08. The number of rotatable bonds is 6. The molecule has 0 aliphatic carbocycles. The Hall–Kier alpha value is -1.30. The first kappa shape index (κ1) is 15.1. The first-order chi connectivity index (χ1) is 9.72. The molecule has 1 aromatic rings. The van der Waals surface area contributed by atoms with Gasteiger partial charge in [-0.1, -0.05) is 6.07 Å². The second kappa shape index (κ2) is 7.47. The molecule has 1 N–H and O–H groups in total. The number of likely N-dealkylation sites (N-methyl/N-ethyl adjacent to an activating group) is 1. The van der Waals surface area contributed by atoms with Gasteiger partial charge < -0.3 is 24.4 Å². The third kappa shape index (κ3) is 4.10. The van der Waals surface area contributed by atoms with Crippen molar-refractivity contribution >= 4 is 0 Å². The Morgan fingerprint density at radius 3 is 2.95 bits per heavy atom. The number of benzene rings is 1. The summed E-state index contributed by atoms with van der Waals surface area (Å²) in [5.41, 5.74) is 1.17. The highest BCUT2D eigenvalue weighted by Crippen LogP contribution is 2.28. The van der Waals surface area contributed by atoms with E-state index in [4.69, 9.17) is 14.2 Å². The zero-order valence-corrected chi connectivity index (χ0v) is 12.5. The molecule has 1 heterocycles. The van der Waals surface area contributed by atoms with E-state index in [1.807, 2.05) is 25.2 Å². The van der Waals surface area contributed by atoms with Gasteiger partial charge in [0, 0.05) is 19.6 Å². The number of ether oxygens (including phenoxy) is 3. The molecule has 0 amide bonds. The Kier molecular flexibility index (Phi) is 5.64. The molecular weight excluding hydrogens is 256 g/mol. The average Bonchev–Trinajstić information content (AvgIpc) is 2.46. The number of morpholine rings is 1. The maximum absolute atomic E-state index is 5.90. The Morgan fingerprint density at radius 2 is 2.25 bits per heavy atom. The summed E-state index contributed by atoms with van der Waals surface area (Å²) in [6.45, 7) is 4.00. The number of hydrogen-bond acceptors (Lipinski definition) is 5. The second-order valence-corrected chi connectivity index (χ2v) is 5.08. The van der Waals surface area contributed by atoms with E-state index in [0.29, 0.717) is 6.61 Å². The lowest BCUT2D eigenvalue weighted by atomic mass is 10.2. The van der Waals surface area contributed by atoms with Crippen molar-refractivity contribution in [2.75, 3.05) is 47.5 Å². The SMILES string of the molecule is CNCc1ccc(OC)c(OCC2CN(C)CCO2)c1. The van der Waals surface area contributed by atoms with Crippen LogP contribution in [0.5, 0.6) is 11.5 Å². The minimum absolute atomic E-state index is 0.117. The van der Waals surface area contributed by atoms with E-state index in [-0.39, 0.29) is 6.10 Å². The van der Waals surface area contributed by atoms with Gasteiger partial charge in [0.1, 0.15) is 12.7 Å². The predicted octanol–water partition coefficient (Wildman–Crippen LogP) is 1.12. The van der Waals surface area contributed by atoms with Crippen molar-refractivity contribution in [3.05, 3.63) is 23.8 Å². The van der Waals surface area contributed by atoms with Gasteiger partial charge in [-0.15, -0.1) is 0 Å². The van der Waals surface area contributed by atoms with Crippen LogP contribution < -0.4 is 14.8 Å². The van der Waals surface area contributed by atoms with Crippen molar-refractivity contribution in [1.29, 1.82) is 0 Å². The lowest BCUT2D eigenvalue weighted by Crippen LogP contribution is -2.42. The normalized spacial score (nSPS) is 19.9. The molecule has 0 bridgehead atoms. The standard InChI is InChI=1S/C15H24N2O3/c1-16-9-12-4-5-14(18-3)15(8-12)20-11-13-10-17(2)6-7-19-13/h4-5,8,13,16H,6-7,9-11H2,1-3H3. The zero-order chi connectivity index (χ0) is 14.4. The molecule has 1 fully saturated rings. The molecule has 112 valence electrons. The number of methoxy groups -OCH3 is 1. The predicted molar refractivity (Wildman–Crippen MR) is 78.5 cm³/mol. The molecule has 0 spiro atoms. The maximum Gasteiger partial charge on any atom is 0.161 e. The summed E-state index contributed by atoms with van der Waals surface area (Å²) in [7, 11) is 5.69. The van der Waals surface area contributed by atoms with Gasteiger partial charge in [-0.05, 0) is 31.8 Å². The highest BCUT2D eigenvalue weighted by Gasteiger charge is 2.19. The third-order valence-corrected chi connectivity index (χ3v) is 3.38. The summed E-state index contributed by atoms with van der Waals surface area (Å²) in [4.78, 5) is 2.26. The van der Waals surface area contributed by atoms with Crippen molar-refractivity contribution in [2.24, 2.45) is 0 Å². The van der Waals surface area contributed by atoms with Gasteiger partial charge in [0.25, 0.3) is 0 Å². The molecule has 1 saturated heterocycles. The van der Waals surface area contributed by atoms with Crippen molar-refractivity contribution < 1.29 is 14.2 Å². The summed E-state index contributed by atoms with van der Waals surface area (Å²) in [6.07, 6.45) is 0.117. The van der Waals surface area contributed by atoms with E-state index < -0.39 is 0 Å². The highest BCUT2D eigenvalue weighted by molar-refractivity contribution is 5.43. The van der Waals surface area contributed by atoms with Crippen LogP contribution in [0.1, 0.15) is 5.56 Å². The van der Waals surface area contributed by atoms with E-state index in [9.17, 15) is 0 Å². The minimum atomic E-state index is 0.117. The molecule has 5 heteroatoms. The first-order valence-corrected chi connectivity index (χ1v) is 6.97. The third-order valence-electron chi connectivity index (χ3n) is 3.38. The summed E-state index contributed by atoms with van der Waals surface area (Å²) >= 11 is 0. The summed E-state index contributed by atoms with van der Waals surface area (Å²) < 4.78 is 16.9. The lowest BCUT2D eigenvalue weighted by Gasteiger charge is -2.30. The molecular formula is C15H24N2O3. The molecule has 20 heavy (non-hydrogen) atoms. The van der Waals surface area contributed by atoms with Gasteiger partial charge in [-0.3, -0.25) is 0 Å². The van der Waals surface area contributed by atoms with Gasteiger partial charge in [0.15, 0.2) is 11.5 Å². The maximum atomic E-state index is 5.90. The van der Waals surface area contributed by atoms with Gasteiger partial charge >= 0.3 is 0 Å². The summed E-state index contributed by atoms with van der Waals surface area (Å²) in [5, 5.41) is 3.13. The van der Waals surface area contributed by atoms with E-state index in [1.165, 1.54) is 5.56 Å². The molecule has 0 aromatic heterocycles. The van der Waals surface area contributed by atoms with Gasteiger partial charge in [-0.2, -0.15) is 0 Å². The van der Waals surface area contributed by atoms with E-state index in [0.717, 1.165) is 37.7 Å².